The molecule has 1 aliphatic heterocycles. The Labute approximate surface area is 122 Å². The Kier molecular flexibility index (Phi) is 2.90. The highest BCUT2D eigenvalue weighted by Gasteiger charge is 2.48. The molecule has 2 aliphatic rings. The summed E-state index contributed by atoms with van der Waals surface area (Å²) < 4.78 is 5.74. The summed E-state index contributed by atoms with van der Waals surface area (Å²) >= 11 is 0. The van der Waals surface area contributed by atoms with Gasteiger partial charge in [0.05, 0.1) is 12.0 Å². The molecule has 0 radical (unpaired) electrons. The third-order valence-corrected chi connectivity index (χ3v) is 3.88. The van der Waals surface area contributed by atoms with Gasteiger partial charge in [-0.25, -0.2) is 0 Å². The van der Waals surface area contributed by atoms with Crippen molar-refractivity contribution in [3.05, 3.63) is 58.9 Å². The first-order valence-electron chi connectivity index (χ1n) is 6.72. The Hall–Kier alpha value is -2.49. The van der Waals surface area contributed by atoms with Crippen molar-refractivity contribution in [3.8, 4) is 0 Å². The Morgan fingerprint density at radius 2 is 1.86 bits per heavy atom. The second kappa shape index (κ2) is 4.52. The lowest BCUT2D eigenvalue weighted by Gasteiger charge is -2.28. The number of hydrogen-bond donors (Lipinski definition) is 0. The molecule has 1 unspecified atom stereocenters. The van der Waals surface area contributed by atoms with Gasteiger partial charge in [-0.05, 0) is 19.9 Å². The first-order chi connectivity index (χ1) is 9.92. The molecule has 0 N–H and O–H groups in total. The van der Waals surface area contributed by atoms with Crippen molar-refractivity contribution in [3.63, 3.8) is 0 Å². The lowest BCUT2D eigenvalue weighted by Crippen LogP contribution is -2.37. The molecular weight excluding hydrogens is 268 g/mol. The Morgan fingerprint density at radius 3 is 2.52 bits per heavy atom. The summed E-state index contributed by atoms with van der Waals surface area (Å²) in [5.41, 5.74) is 0.530. The van der Waals surface area contributed by atoms with Crippen LogP contribution in [0.15, 0.2) is 53.3 Å². The van der Waals surface area contributed by atoms with Gasteiger partial charge in [-0.2, -0.15) is 0 Å². The summed E-state index contributed by atoms with van der Waals surface area (Å²) in [4.78, 5) is 36.0. The monoisotopic (exact) mass is 282 g/mol. The Bertz CT molecular complexity index is 724. The molecule has 106 valence electrons. The lowest BCUT2D eigenvalue weighted by atomic mass is 9.79. The van der Waals surface area contributed by atoms with E-state index in [9.17, 15) is 14.4 Å². The van der Waals surface area contributed by atoms with Crippen molar-refractivity contribution >= 4 is 17.3 Å². The normalized spacial score (nSPS) is 24.6. The third kappa shape index (κ3) is 2.03. The van der Waals surface area contributed by atoms with Gasteiger partial charge in [0.25, 0.3) is 0 Å². The van der Waals surface area contributed by atoms with Crippen LogP contribution in [0.3, 0.4) is 0 Å². The fourth-order valence-corrected chi connectivity index (χ4v) is 2.88. The predicted octanol–water partition coefficient (Wildman–Crippen LogP) is 2.40. The van der Waals surface area contributed by atoms with E-state index in [0.717, 1.165) is 0 Å². The number of allylic oxidation sites excluding steroid dienone is 2. The fraction of sp³-hybridized carbons (Fsp3) is 0.235. The number of rotatable bonds is 2. The summed E-state index contributed by atoms with van der Waals surface area (Å²) in [6, 6.07) is 8.82. The van der Waals surface area contributed by atoms with E-state index in [1.807, 2.05) is 6.07 Å². The van der Waals surface area contributed by atoms with Gasteiger partial charge < -0.3 is 4.74 Å². The number of benzene rings is 1. The summed E-state index contributed by atoms with van der Waals surface area (Å²) in [6.45, 7) is 3.42. The van der Waals surface area contributed by atoms with Gasteiger partial charge in [-0.15, -0.1) is 0 Å². The first-order valence-corrected chi connectivity index (χ1v) is 6.72. The zero-order valence-corrected chi connectivity index (χ0v) is 11.8. The van der Waals surface area contributed by atoms with E-state index in [-0.39, 0.29) is 12.2 Å². The van der Waals surface area contributed by atoms with E-state index in [0.29, 0.717) is 22.5 Å². The van der Waals surface area contributed by atoms with Crippen molar-refractivity contribution in [2.75, 3.05) is 0 Å². The van der Waals surface area contributed by atoms with Gasteiger partial charge in [-0.3, -0.25) is 14.4 Å². The van der Waals surface area contributed by atoms with Gasteiger partial charge in [0, 0.05) is 11.1 Å². The molecule has 1 atom stereocenters. The molecule has 0 fully saturated rings. The fourth-order valence-electron chi connectivity index (χ4n) is 2.88. The van der Waals surface area contributed by atoms with Crippen LogP contribution in [0.2, 0.25) is 0 Å². The molecule has 1 aromatic carbocycles. The number of hydrogen-bond acceptors (Lipinski definition) is 4. The molecular formula is C17H14O4. The van der Waals surface area contributed by atoms with E-state index in [1.54, 1.807) is 38.1 Å². The zero-order valence-electron chi connectivity index (χ0n) is 11.8. The van der Waals surface area contributed by atoms with Gasteiger partial charge in [0.15, 0.2) is 5.78 Å². The van der Waals surface area contributed by atoms with Crippen LogP contribution in [-0.4, -0.2) is 23.0 Å². The minimum Gasteiger partial charge on any atom is -0.486 e. The van der Waals surface area contributed by atoms with Crippen molar-refractivity contribution in [1.82, 2.24) is 0 Å². The average Bonchev–Trinajstić information content (AvgIpc) is 2.70. The molecule has 1 heterocycles. The summed E-state index contributed by atoms with van der Waals surface area (Å²) in [5, 5.41) is 0. The zero-order chi connectivity index (χ0) is 15.2. The number of Topliss-reactive ketones (excluding diaryl/α,β-unsaturated/α-hetero) is 2. The van der Waals surface area contributed by atoms with Crippen molar-refractivity contribution in [1.29, 1.82) is 0 Å². The second-order valence-electron chi connectivity index (χ2n) is 5.48. The quantitative estimate of drug-likeness (QED) is 0.617. The highest BCUT2D eigenvalue weighted by atomic mass is 16.5. The summed E-state index contributed by atoms with van der Waals surface area (Å²) in [5.74, 6) is -0.785. The molecule has 0 aromatic heterocycles. The largest absolute Gasteiger partial charge is 0.486 e. The molecule has 1 aromatic rings. The van der Waals surface area contributed by atoms with Crippen LogP contribution in [0.4, 0.5) is 0 Å². The van der Waals surface area contributed by atoms with Crippen LogP contribution in [-0.2, 0) is 14.3 Å². The smallest absolute Gasteiger partial charge is 0.222 e. The van der Waals surface area contributed by atoms with Crippen molar-refractivity contribution in [2.45, 2.75) is 25.9 Å². The predicted molar refractivity (Wildman–Crippen MR) is 75.7 cm³/mol. The van der Waals surface area contributed by atoms with Gasteiger partial charge >= 0.3 is 0 Å². The molecule has 0 saturated carbocycles. The SMILES string of the molecule is CC1=C(C(=O)c2ccccc2)C2=CC(=O)C(=O)CC2(C)O1. The minimum atomic E-state index is -0.908. The van der Waals surface area contributed by atoms with Crippen LogP contribution in [0.25, 0.3) is 0 Å². The number of carbonyl (C=O) groups excluding carboxylic acids is 3. The first kappa shape index (κ1) is 13.5. The topological polar surface area (TPSA) is 60.4 Å². The Balaban J connectivity index is 2.09. The average molecular weight is 282 g/mol. The molecule has 1 aliphatic carbocycles. The highest BCUT2D eigenvalue weighted by molar-refractivity contribution is 6.43. The maximum absolute atomic E-state index is 12.7. The molecule has 4 heteroatoms. The van der Waals surface area contributed by atoms with Crippen LogP contribution in [0, 0.1) is 0 Å². The maximum Gasteiger partial charge on any atom is 0.222 e. The standard InChI is InChI=1S/C17H14O4/c1-10-15(16(20)11-6-4-3-5-7-11)12-8-13(18)14(19)9-17(12,2)21-10/h3-8H,9H2,1-2H3. The van der Waals surface area contributed by atoms with E-state index in [1.165, 1.54) is 6.08 Å². The van der Waals surface area contributed by atoms with Gasteiger partial charge in [0.1, 0.15) is 11.4 Å². The van der Waals surface area contributed by atoms with E-state index < -0.39 is 17.2 Å². The molecule has 4 nitrogen and oxygen atoms in total. The Morgan fingerprint density at radius 1 is 1.19 bits per heavy atom. The van der Waals surface area contributed by atoms with E-state index in [4.69, 9.17) is 4.74 Å². The maximum atomic E-state index is 12.7. The van der Waals surface area contributed by atoms with Crippen LogP contribution in [0.1, 0.15) is 30.6 Å². The van der Waals surface area contributed by atoms with Crippen molar-refractivity contribution in [2.24, 2.45) is 0 Å². The van der Waals surface area contributed by atoms with Crippen LogP contribution >= 0.6 is 0 Å². The summed E-state index contributed by atoms with van der Waals surface area (Å²) in [7, 11) is 0. The number of ketones is 3. The number of fused-ring (bicyclic) bond motifs is 1. The highest BCUT2D eigenvalue weighted by Crippen LogP contribution is 2.44. The van der Waals surface area contributed by atoms with Crippen molar-refractivity contribution < 1.29 is 19.1 Å². The number of carbonyl (C=O) groups is 3. The summed E-state index contributed by atoms with van der Waals surface area (Å²) in [6.07, 6.45) is 1.22. The molecule has 0 spiro atoms. The molecule has 3 rings (SSSR count). The second-order valence-corrected chi connectivity index (χ2v) is 5.48. The lowest BCUT2D eigenvalue weighted by molar-refractivity contribution is -0.137. The van der Waals surface area contributed by atoms with E-state index in [2.05, 4.69) is 0 Å². The van der Waals surface area contributed by atoms with Gasteiger partial charge in [0.2, 0.25) is 11.6 Å². The third-order valence-electron chi connectivity index (χ3n) is 3.88. The number of ether oxygens (including phenoxy) is 1. The molecule has 0 amide bonds. The molecule has 0 saturated heterocycles. The van der Waals surface area contributed by atoms with Crippen LogP contribution in [0.5, 0.6) is 0 Å². The van der Waals surface area contributed by atoms with Gasteiger partial charge in [-0.1, -0.05) is 30.3 Å². The van der Waals surface area contributed by atoms with E-state index >= 15 is 0 Å². The van der Waals surface area contributed by atoms with Crippen LogP contribution < -0.4 is 0 Å². The minimum absolute atomic E-state index is 0.0272. The molecule has 21 heavy (non-hydrogen) atoms. The molecule has 0 bridgehead atoms.